The molecule has 1 saturated carbocycles. The van der Waals surface area contributed by atoms with Gasteiger partial charge in [-0.3, -0.25) is 9.79 Å². The van der Waals surface area contributed by atoms with E-state index in [2.05, 4.69) is 55.5 Å². The van der Waals surface area contributed by atoms with Gasteiger partial charge in [-0.1, -0.05) is 0 Å². The zero-order chi connectivity index (χ0) is 16.7. The summed E-state index contributed by atoms with van der Waals surface area (Å²) in [7, 11) is 2.04. The summed E-state index contributed by atoms with van der Waals surface area (Å²) in [5.41, 5.74) is 0. The van der Waals surface area contributed by atoms with Gasteiger partial charge in [0.25, 0.3) is 0 Å². The standard InChI is InChI=1S/C16H25BrN4OS/c1-3-18-16(21(2)11-13-8-9-14(17)23-13)19-10-4-5-15(22)20-12-6-7-12/h8-9,12H,3-7,10-11H2,1-2H3,(H,18,19)(H,20,22). The molecule has 0 radical (unpaired) electrons. The summed E-state index contributed by atoms with van der Waals surface area (Å²) in [4.78, 5) is 19.7. The molecule has 0 saturated heterocycles. The maximum atomic E-state index is 11.7. The van der Waals surface area contributed by atoms with E-state index >= 15 is 0 Å². The van der Waals surface area contributed by atoms with E-state index in [0.717, 1.165) is 42.1 Å². The zero-order valence-corrected chi connectivity index (χ0v) is 16.2. The highest BCUT2D eigenvalue weighted by Gasteiger charge is 2.22. The third kappa shape index (κ3) is 6.91. The van der Waals surface area contributed by atoms with Crippen LogP contribution in [0.1, 0.15) is 37.5 Å². The van der Waals surface area contributed by atoms with Gasteiger partial charge < -0.3 is 15.5 Å². The molecule has 1 aliphatic rings. The summed E-state index contributed by atoms with van der Waals surface area (Å²) >= 11 is 5.23. The van der Waals surface area contributed by atoms with Gasteiger partial charge >= 0.3 is 0 Å². The first kappa shape index (κ1) is 18.3. The first-order valence-electron chi connectivity index (χ1n) is 8.11. The number of carbonyl (C=O) groups excluding carboxylic acids is 1. The molecule has 2 N–H and O–H groups in total. The highest BCUT2D eigenvalue weighted by Crippen LogP contribution is 2.23. The fraction of sp³-hybridized carbons (Fsp3) is 0.625. The van der Waals surface area contributed by atoms with Crippen molar-refractivity contribution in [3.63, 3.8) is 0 Å². The van der Waals surface area contributed by atoms with Crippen LogP contribution in [0.15, 0.2) is 20.9 Å². The molecule has 5 nitrogen and oxygen atoms in total. The number of rotatable bonds is 8. The lowest BCUT2D eigenvalue weighted by Gasteiger charge is -2.21. The zero-order valence-electron chi connectivity index (χ0n) is 13.8. The maximum Gasteiger partial charge on any atom is 0.220 e. The summed E-state index contributed by atoms with van der Waals surface area (Å²) in [6.07, 6.45) is 3.61. The quantitative estimate of drug-likeness (QED) is 0.400. The Morgan fingerprint density at radius 1 is 1.48 bits per heavy atom. The molecule has 2 rings (SSSR count). The van der Waals surface area contributed by atoms with Gasteiger partial charge in [-0.05, 0) is 54.2 Å². The second-order valence-corrected chi connectivity index (χ2v) is 8.29. The van der Waals surface area contributed by atoms with E-state index in [1.54, 1.807) is 11.3 Å². The van der Waals surface area contributed by atoms with Crippen LogP contribution in [0.4, 0.5) is 0 Å². The molecule has 0 aliphatic heterocycles. The molecule has 1 aromatic heterocycles. The number of carbonyl (C=O) groups is 1. The van der Waals surface area contributed by atoms with Crippen molar-refractivity contribution in [2.45, 2.75) is 45.2 Å². The Hall–Kier alpha value is -1.08. The highest BCUT2D eigenvalue weighted by atomic mass is 79.9. The van der Waals surface area contributed by atoms with E-state index in [-0.39, 0.29) is 5.91 Å². The summed E-state index contributed by atoms with van der Waals surface area (Å²) in [6.45, 7) is 4.39. The Bertz CT molecular complexity index is 542. The van der Waals surface area contributed by atoms with Crippen LogP contribution in [0.5, 0.6) is 0 Å². The van der Waals surface area contributed by atoms with Crippen LogP contribution in [-0.2, 0) is 11.3 Å². The average molecular weight is 401 g/mol. The lowest BCUT2D eigenvalue weighted by molar-refractivity contribution is -0.121. The fourth-order valence-electron chi connectivity index (χ4n) is 2.17. The monoisotopic (exact) mass is 400 g/mol. The van der Waals surface area contributed by atoms with Crippen molar-refractivity contribution in [1.29, 1.82) is 0 Å². The molecule has 0 atom stereocenters. The summed E-state index contributed by atoms with van der Waals surface area (Å²) in [5, 5.41) is 6.32. The summed E-state index contributed by atoms with van der Waals surface area (Å²) in [5.74, 6) is 1.05. The number of hydrogen-bond acceptors (Lipinski definition) is 3. The molecule has 0 spiro atoms. The number of hydrogen-bond donors (Lipinski definition) is 2. The maximum absolute atomic E-state index is 11.7. The van der Waals surface area contributed by atoms with Crippen LogP contribution in [-0.4, -0.2) is 42.9 Å². The molecule has 1 aromatic rings. The SMILES string of the molecule is CCNC(=NCCCC(=O)NC1CC1)N(C)Cc1ccc(Br)s1. The van der Waals surface area contributed by atoms with Crippen molar-refractivity contribution >= 4 is 39.1 Å². The van der Waals surface area contributed by atoms with Crippen molar-refractivity contribution in [2.24, 2.45) is 4.99 Å². The second-order valence-electron chi connectivity index (χ2n) is 5.74. The smallest absolute Gasteiger partial charge is 0.220 e. The van der Waals surface area contributed by atoms with Gasteiger partial charge in [-0.15, -0.1) is 11.3 Å². The Morgan fingerprint density at radius 2 is 2.26 bits per heavy atom. The number of amides is 1. The first-order chi connectivity index (χ1) is 11.1. The molecule has 1 amide bonds. The minimum absolute atomic E-state index is 0.157. The van der Waals surface area contributed by atoms with Gasteiger partial charge in [-0.2, -0.15) is 0 Å². The predicted molar refractivity (Wildman–Crippen MR) is 99.9 cm³/mol. The Morgan fingerprint density at radius 3 is 2.87 bits per heavy atom. The fourth-order valence-corrected chi connectivity index (χ4v) is 3.70. The number of nitrogens with zero attached hydrogens (tertiary/aromatic N) is 2. The van der Waals surface area contributed by atoms with Gasteiger partial charge in [-0.25, -0.2) is 0 Å². The summed E-state index contributed by atoms with van der Waals surface area (Å²) < 4.78 is 1.14. The predicted octanol–water partition coefficient (Wildman–Crippen LogP) is 2.97. The normalized spacial score (nSPS) is 14.7. The van der Waals surface area contributed by atoms with Gasteiger partial charge in [0.05, 0.1) is 10.3 Å². The molecular weight excluding hydrogens is 376 g/mol. The topological polar surface area (TPSA) is 56.7 Å². The van der Waals surface area contributed by atoms with Crippen LogP contribution in [0.2, 0.25) is 0 Å². The Kier molecular flexibility index (Phi) is 7.36. The Balaban J connectivity index is 1.77. The van der Waals surface area contributed by atoms with Crippen LogP contribution in [0, 0.1) is 0 Å². The third-order valence-electron chi connectivity index (χ3n) is 3.48. The molecule has 0 unspecified atom stereocenters. The molecule has 0 bridgehead atoms. The number of halogens is 1. The number of guanidine groups is 1. The third-order valence-corrected chi connectivity index (χ3v) is 5.09. The van der Waals surface area contributed by atoms with Crippen molar-refractivity contribution < 1.29 is 4.79 Å². The van der Waals surface area contributed by atoms with Crippen LogP contribution >= 0.6 is 27.3 Å². The van der Waals surface area contributed by atoms with E-state index in [0.29, 0.717) is 19.0 Å². The van der Waals surface area contributed by atoms with Crippen LogP contribution in [0.25, 0.3) is 0 Å². The van der Waals surface area contributed by atoms with Gasteiger partial charge in [0.1, 0.15) is 0 Å². The van der Waals surface area contributed by atoms with Crippen molar-refractivity contribution in [2.75, 3.05) is 20.1 Å². The first-order valence-corrected chi connectivity index (χ1v) is 9.72. The van der Waals surface area contributed by atoms with Gasteiger partial charge in [0.2, 0.25) is 5.91 Å². The molecular formula is C16H25BrN4OS. The minimum atomic E-state index is 0.157. The number of nitrogens with one attached hydrogen (secondary N) is 2. The van der Waals surface area contributed by atoms with Crippen LogP contribution in [0.3, 0.4) is 0 Å². The second kappa shape index (κ2) is 9.27. The van der Waals surface area contributed by atoms with E-state index in [9.17, 15) is 4.79 Å². The molecule has 1 heterocycles. The molecule has 1 fully saturated rings. The van der Waals surface area contributed by atoms with E-state index in [4.69, 9.17) is 0 Å². The number of thiophene rings is 1. The molecule has 1 aliphatic carbocycles. The van der Waals surface area contributed by atoms with Gasteiger partial charge in [0, 0.05) is 37.5 Å². The number of aliphatic imine (C=N–C) groups is 1. The van der Waals surface area contributed by atoms with E-state index in [1.807, 2.05) is 7.05 Å². The van der Waals surface area contributed by atoms with Crippen LogP contribution < -0.4 is 10.6 Å². The van der Waals surface area contributed by atoms with E-state index < -0.39 is 0 Å². The summed E-state index contributed by atoms with van der Waals surface area (Å²) in [6, 6.07) is 4.63. The lowest BCUT2D eigenvalue weighted by Crippen LogP contribution is -2.38. The van der Waals surface area contributed by atoms with E-state index in [1.165, 1.54) is 4.88 Å². The lowest BCUT2D eigenvalue weighted by atomic mass is 10.3. The van der Waals surface area contributed by atoms with Crippen molar-refractivity contribution in [3.8, 4) is 0 Å². The Labute approximate surface area is 150 Å². The molecule has 7 heteroatoms. The minimum Gasteiger partial charge on any atom is -0.357 e. The van der Waals surface area contributed by atoms with Crippen molar-refractivity contribution in [3.05, 3.63) is 20.8 Å². The molecule has 128 valence electrons. The molecule has 23 heavy (non-hydrogen) atoms. The highest BCUT2D eigenvalue weighted by molar-refractivity contribution is 9.11. The largest absolute Gasteiger partial charge is 0.357 e. The van der Waals surface area contributed by atoms with Gasteiger partial charge in [0.15, 0.2) is 5.96 Å². The van der Waals surface area contributed by atoms with Crippen molar-refractivity contribution in [1.82, 2.24) is 15.5 Å². The average Bonchev–Trinajstić information content (AvgIpc) is 3.23. The molecule has 0 aromatic carbocycles.